The highest BCUT2D eigenvalue weighted by Gasteiger charge is 2.80. The number of hydrogen-bond donors (Lipinski definition) is 2. The van der Waals surface area contributed by atoms with Crippen LogP contribution in [0.3, 0.4) is 0 Å². The molecule has 0 aromatic rings. The number of aliphatic hydroxyl groups is 2. The summed E-state index contributed by atoms with van der Waals surface area (Å²) in [6.45, 7) is 29.4. The fourth-order valence-electron chi connectivity index (χ4n) is 11.9. The van der Waals surface area contributed by atoms with Gasteiger partial charge in [-0.2, -0.15) is 0 Å². The van der Waals surface area contributed by atoms with Crippen LogP contribution in [0.2, 0.25) is 0 Å². The first-order valence-corrected chi connectivity index (χ1v) is 19.8. The largest absolute Gasteiger partial charge is 0.458 e. The fourth-order valence-corrected chi connectivity index (χ4v) is 11.9. The van der Waals surface area contributed by atoms with E-state index in [1.54, 1.807) is 0 Å². The zero-order valence-corrected chi connectivity index (χ0v) is 32.4. The molecule has 0 saturated heterocycles. The number of esters is 1. The summed E-state index contributed by atoms with van der Waals surface area (Å²) in [5.41, 5.74) is 1.48. The Morgan fingerprint density at radius 3 is 2.21 bits per heavy atom. The van der Waals surface area contributed by atoms with Crippen molar-refractivity contribution in [2.45, 2.75) is 178 Å². The number of carbonyl (C=O) groups excluding carboxylic acids is 1. The number of aliphatic hydroxyl groups excluding tert-OH is 2. The molecule has 4 saturated carbocycles. The third-order valence-electron chi connectivity index (χ3n) is 16.0. The number of hydrogen-bond acceptors (Lipinski definition) is 5. The standard InChI is InChI=1S/C42H74O5/c1-13-27(5)30(8)32(10)46-33-22-36-40(12)24-34(44)37(29(7)16-15-21-43)39(40,11)19-20-42(36)25-41(42,23-33)18-17-35(26(3)4)47-38(45)31(9)28(6)14-2/h27-37,43-44H,3,13-25H2,1-2,4-12H3. The van der Waals surface area contributed by atoms with E-state index >= 15 is 0 Å². The zero-order chi connectivity index (χ0) is 35.1. The van der Waals surface area contributed by atoms with Crippen molar-refractivity contribution in [2.75, 3.05) is 6.61 Å². The second-order valence-corrected chi connectivity index (χ2v) is 18.3. The third-order valence-corrected chi connectivity index (χ3v) is 16.0. The second-order valence-electron chi connectivity index (χ2n) is 18.3. The van der Waals surface area contributed by atoms with Crippen molar-refractivity contribution < 1.29 is 24.5 Å². The quantitative estimate of drug-likeness (QED) is 0.120. The molecule has 5 nitrogen and oxygen atoms in total. The summed E-state index contributed by atoms with van der Waals surface area (Å²) in [6, 6.07) is 0. The minimum atomic E-state index is -0.299. The molecule has 0 aromatic heterocycles. The Bertz CT molecular complexity index is 1090. The lowest BCUT2D eigenvalue weighted by atomic mass is 9.44. The second kappa shape index (κ2) is 14.7. The monoisotopic (exact) mass is 659 g/mol. The van der Waals surface area contributed by atoms with Gasteiger partial charge in [-0.25, -0.2) is 0 Å². The van der Waals surface area contributed by atoms with Gasteiger partial charge in [0.1, 0.15) is 6.10 Å². The Morgan fingerprint density at radius 1 is 0.957 bits per heavy atom. The minimum absolute atomic E-state index is 0.0318. The lowest BCUT2D eigenvalue weighted by molar-refractivity contribution is -0.160. The molecule has 4 fully saturated rings. The van der Waals surface area contributed by atoms with Crippen LogP contribution >= 0.6 is 0 Å². The molecule has 4 aliphatic rings. The van der Waals surface area contributed by atoms with Gasteiger partial charge in [0.2, 0.25) is 0 Å². The van der Waals surface area contributed by atoms with Crippen molar-refractivity contribution >= 4 is 5.97 Å². The fraction of sp³-hybridized carbons (Fsp3) is 0.929. The van der Waals surface area contributed by atoms with Crippen molar-refractivity contribution in [3.63, 3.8) is 0 Å². The molecule has 0 amide bonds. The topological polar surface area (TPSA) is 76.0 Å². The SMILES string of the molecule is C=C(C)C(CCC12CC(OC(C)C(C)C(C)CC)CC3C4(C)CC(O)C(C(C)CCCO)C4(C)CCC31C2)OC(=O)C(C)C(C)CC. The van der Waals surface area contributed by atoms with E-state index in [-0.39, 0.29) is 70.5 Å². The van der Waals surface area contributed by atoms with E-state index < -0.39 is 0 Å². The van der Waals surface area contributed by atoms with Gasteiger partial charge in [-0.3, -0.25) is 4.79 Å². The molecule has 0 aliphatic heterocycles. The molecule has 4 aliphatic carbocycles. The van der Waals surface area contributed by atoms with Crippen molar-refractivity contribution in [3.8, 4) is 0 Å². The van der Waals surface area contributed by atoms with Gasteiger partial charge >= 0.3 is 5.97 Å². The Kier molecular flexibility index (Phi) is 12.2. The van der Waals surface area contributed by atoms with E-state index in [0.717, 1.165) is 69.8 Å². The molecule has 1 spiro atoms. The molecule has 2 N–H and O–H groups in total. The highest BCUT2D eigenvalue weighted by atomic mass is 16.5. The number of carbonyl (C=O) groups is 1. The number of fused-ring (bicyclic) bond motifs is 2. The number of rotatable bonds is 17. The van der Waals surface area contributed by atoms with Crippen molar-refractivity contribution in [1.82, 2.24) is 0 Å². The summed E-state index contributed by atoms with van der Waals surface area (Å²) >= 11 is 0. The Balaban J connectivity index is 1.63. The zero-order valence-electron chi connectivity index (χ0n) is 32.4. The lowest BCUT2D eigenvalue weighted by Crippen LogP contribution is -2.55. The molecule has 272 valence electrons. The highest BCUT2D eigenvalue weighted by molar-refractivity contribution is 5.72. The van der Waals surface area contributed by atoms with Gasteiger partial charge in [-0.1, -0.05) is 81.7 Å². The maximum Gasteiger partial charge on any atom is 0.309 e. The van der Waals surface area contributed by atoms with Crippen LogP contribution in [-0.4, -0.2) is 47.2 Å². The first kappa shape index (κ1) is 38.9. The van der Waals surface area contributed by atoms with Crippen LogP contribution in [0.25, 0.3) is 0 Å². The third kappa shape index (κ3) is 6.91. The van der Waals surface area contributed by atoms with Gasteiger partial charge in [0.15, 0.2) is 0 Å². The first-order chi connectivity index (χ1) is 22.0. The van der Waals surface area contributed by atoms with Gasteiger partial charge in [-0.05, 0) is 141 Å². The van der Waals surface area contributed by atoms with E-state index in [4.69, 9.17) is 9.47 Å². The van der Waals surface area contributed by atoms with Crippen LogP contribution in [0.1, 0.15) is 153 Å². The normalized spacial score (nSPS) is 40.5. The summed E-state index contributed by atoms with van der Waals surface area (Å²) in [5.74, 6) is 2.35. The van der Waals surface area contributed by atoms with Gasteiger partial charge in [-0.15, -0.1) is 0 Å². The molecule has 0 radical (unpaired) electrons. The molecule has 0 bridgehead atoms. The summed E-state index contributed by atoms with van der Waals surface area (Å²) in [4.78, 5) is 13.2. The summed E-state index contributed by atoms with van der Waals surface area (Å²) in [5, 5.41) is 21.4. The summed E-state index contributed by atoms with van der Waals surface area (Å²) < 4.78 is 13.3. The van der Waals surface area contributed by atoms with Crippen LogP contribution in [0.5, 0.6) is 0 Å². The molecular weight excluding hydrogens is 584 g/mol. The Morgan fingerprint density at radius 2 is 1.62 bits per heavy atom. The summed E-state index contributed by atoms with van der Waals surface area (Å²) in [7, 11) is 0. The van der Waals surface area contributed by atoms with Crippen molar-refractivity contribution in [3.05, 3.63) is 12.2 Å². The predicted molar refractivity (Wildman–Crippen MR) is 193 cm³/mol. The highest BCUT2D eigenvalue weighted by Crippen LogP contribution is 2.86. The lowest BCUT2D eigenvalue weighted by Gasteiger charge is -2.60. The first-order valence-electron chi connectivity index (χ1n) is 19.8. The van der Waals surface area contributed by atoms with E-state index in [1.165, 1.54) is 12.8 Å². The minimum Gasteiger partial charge on any atom is -0.458 e. The Hall–Kier alpha value is -0.910. The molecule has 15 unspecified atom stereocenters. The summed E-state index contributed by atoms with van der Waals surface area (Å²) in [6.07, 6.45) is 12.3. The van der Waals surface area contributed by atoms with Gasteiger partial charge < -0.3 is 19.7 Å². The van der Waals surface area contributed by atoms with Crippen molar-refractivity contribution in [2.24, 2.45) is 63.1 Å². The molecule has 4 rings (SSSR count). The predicted octanol–water partition coefficient (Wildman–Crippen LogP) is 9.77. The van der Waals surface area contributed by atoms with Crippen LogP contribution in [0.4, 0.5) is 0 Å². The average Bonchev–Trinajstić information content (AvgIpc) is 3.63. The van der Waals surface area contributed by atoms with E-state index in [9.17, 15) is 15.0 Å². The van der Waals surface area contributed by atoms with Gasteiger partial charge in [0.05, 0.1) is 24.2 Å². The van der Waals surface area contributed by atoms with Crippen LogP contribution in [0.15, 0.2) is 12.2 Å². The van der Waals surface area contributed by atoms with Gasteiger partial charge in [0, 0.05) is 6.61 Å². The van der Waals surface area contributed by atoms with Gasteiger partial charge in [0.25, 0.3) is 0 Å². The molecule has 15 atom stereocenters. The van der Waals surface area contributed by atoms with E-state index in [2.05, 4.69) is 68.9 Å². The van der Waals surface area contributed by atoms with Crippen LogP contribution in [-0.2, 0) is 14.3 Å². The van der Waals surface area contributed by atoms with Crippen LogP contribution in [0, 0.1) is 63.1 Å². The average molecular weight is 659 g/mol. The van der Waals surface area contributed by atoms with E-state index in [1.807, 2.05) is 13.8 Å². The molecule has 0 heterocycles. The smallest absolute Gasteiger partial charge is 0.309 e. The van der Waals surface area contributed by atoms with Crippen molar-refractivity contribution in [1.29, 1.82) is 0 Å². The molecule has 47 heavy (non-hydrogen) atoms. The molecular formula is C42H74O5. The molecule has 5 heteroatoms. The van der Waals surface area contributed by atoms with E-state index in [0.29, 0.717) is 29.6 Å². The molecule has 0 aromatic carbocycles. The maximum atomic E-state index is 13.2. The Labute approximate surface area is 289 Å². The maximum absolute atomic E-state index is 13.2. The number of ether oxygens (including phenoxy) is 2. The van der Waals surface area contributed by atoms with Crippen LogP contribution < -0.4 is 0 Å².